The molecular weight excluding hydrogens is 321 g/mol. The molecule has 2 N–H and O–H groups in total. The van der Waals surface area contributed by atoms with Crippen LogP contribution in [0, 0.1) is 0 Å². The zero-order chi connectivity index (χ0) is 17.3. The number of fused-ring (bicyclic) bond motifs is 1. The number of halogens is 3. The van der Waals surface area contributed by atoms with E-state index in [1.54, 1.807) is 31.5 Å². The number of hydrogen-bond donors (Lipinski definition) is 2. The van der Waals surface area contributed by atoms with Crippen LogP contribution in [0.25, 0.3) is 10.9 Å². The lowest BCUT2D eigenvalue weighted by molar-refractivity contribution is -0.137. The molecule has 1 aromatic heterocycles. The summed E-state index contributed by atoms with van der Waals surface area (Å²) in [4.78, 5) is 15.3. The van der Waals surface area contributed by atoms with Crippen LogP contribution in [0.3, 0.4) is 0 Å². The smallest absolute Gasteiger partial charge is 0.416 e. The Bertz CT molecular complexity index is 883. The van der Waals surface area contributed by atoms with Crippen molar-refractivity contribution in [3.63, 3.8) is 0 Å². The van der Waals surface area contributed by atoms with Crippen LogP contribution in [0.5, 0.6) is 5.75 Å². The Morgan fingerprint density at radius 1 is 1.12 bits per heavy atom. The number of aromatic nitrogens is 1. The third kappa shape index (κ3) is 3.05. The maximum absolute atomic E-state index is 12.5. The van der Waals surface area contributed by atoms with Crippen molar-refractivity contribution in [3.05, 3.63) is 59.8 Å². The topological polar surface area (TPSA) is 54.1 Å². The molecule has 0 unspecified atom stereocenters. The summed E-state index contributed by atoms with van der Waals surface area (Å²) >= 11 is 0. The van der Waals surface area contributed by atoms with E-state index in [1.165, 1.54) is 12.1 Å². The van der Waals surface area contributed by atoms with Gasteiger partial charge >= 0.3 is 6.18 Å². The monoisotopic (exact) mass is 334 g/mol. The van der Waals surface area contributed by atoms with Crippen molar-refractivity contribution in [2.24, 2.45) is 0 Å². The second-order valence-corrected chi connectivity index (χ2v) is 5.14. The number of alkyl halides is 3. The van der Waals surface area contributed by atoms with Gasteiger partial charge in [-0.3, -0.25) is 4.79 Å². The van der Waals surface area contributed by atoms with E-state index in [9.17, 15) is 18.0 Å². The SMILES string of the molecule is COc1ccc2c(C(=O)Nc3ccc(C(F)(F)F)cc3)c[nH]c2c1. The fourth-order valence-corrected chi connectivity index (χ4v) is 2.36. The molecule has 0 aliphatic carbocycles. The van der Waals surface area contributed by atoms with Crippen molar-refractivity contribution in [2.75, 3.05) is 12.4 Å². The standard InChI is InChI=1S/C17H13F3N2O2/c1-24-12-6-7-13-14(9-21-15(13)8-12)16(23)22-11-4-2-10(3-5-11)17(18,19)20/h2-9,21H,1H3,(H,22,23). The van der Waals surface area contributed by atoms with E-state index in [0.717, 1.165) is 17.6 Å². The normalized spacial score (nSPS) is 11.5. The second kappa shape index (κ2) is 5.92. The molecule has 1 heterocycles. The maximum atomic E-state index is 12.5. The number of ether oxygens (including phenoxy) is 1. The van der Waals surface area contributed by atoms with Gasteiger partial charge in [0.25, 0.3) is 5.91 Å². The molecule has 2 aromatic carbocycles. The first-order valence-electron chi connectivity index (χ1n) is 7.02. The van der Waals surface area contributed by atoms with E-state index >= 15 is 0 Å². The van der Waals surface area contributed by atoms with Gasteiger partial charge in [-0.05, 0) is 36.4 Å². The Kier molecular flexibility index (Phi) is 3.92. The minimum Gasteiger partial charge on any atom is -0.497 e. The maximum Gasteiger partial charge on any atom is 0.416 e. The van der Waals surface area contributed by atoms with Gasteiger partial charge < -0.3 is 15.0 Å². The average molecular weight is 334 g/mol. The van der Waals surface area contributed by atoms with Crippen LogP contribution in [0.4, 0.5) is 18.9 Å². The summed E-state index contributed by atoms with van der Waals surface area (Å²) in [6, 6.07) is 9.52. The molecule has 0 bridgehead atoms. The van der Waals surface area contributed by atoms with Gasteiger partial charge in [0.05, 0.1) is 18.2 Å². The van der Waals surface area contributed by atoms with Gasteiger partial charge in [-0.1, -0.05) is 0 Å². The van der Waals surface area contributed by atoms with Crippen LogP contribution in [-0.4, -0.2) is 18.0 Å². The van der Waals surface area contributed by atoms with Crippen molar-refractivity contribution in [2.45, 2.75) is 6.18 Å². The molecule has 0 aliphatic heterocycles. The molecule has 0 spiro atoms. The predicted octanol–water partition coefficient (Wildman–Crippen LogP) is 4.45. The fraction of sp³-hybridized carbons (Fsp3) is 0.118. The van der Waals surface area contributed by atoms with Gasteiger partial charge in [-0.2, -0.15) is 13.2 Å². The van der Waals surface area contributed by atoms with E-state index < -0.39 is 17.6 Å². The van der Waals surface area contributed by atoms with E-state index in [0.29, 0.717) is 16.7 Å². The van der Waals surface area contributed by atoms with E-state index in [4.69, 9.17) is 4.74 Å². The summed E-state index contributed by atoms with van der Waals surface area (Å²) < 4.78 is 42.7. The molecule has 0 saturated heterocycles. The number of hydrogen-bond acceptors (Lipinski definition) is 2. The molecule has 3 aromatic rings. The first kappa shape index (κ1) is 15.9. The molecular formula is C17H13F3N2O2. The molecule has 24 heavy (non-hydrogen) atoms. The minimum atomic E-state index is -4.40. The van der Waals surface area contributed by atoms with Gasteiger partial charge in [0.2, 0.25) is 0 Å². The van der Waals surface area contributed by atoms with Crippen LogP contribution in [0.15, 0.2) is 48.7 Å². The van der Waals surface area contributed by atoms with E-state index in [1.807, 2.05) is 0 Å². The van der Waals surface area contributed by atoms with Crippen molar-refractivity contribution < 1.29 is 22.7 Å². The van der Waals surface area contributed by atoms with Gasteiger partial charge in [-0.15, -0.1) is 0 Å². The largest absolute Gasteiger partial charge is 0.497 e. The van der Waals surface area contributed by atoms with Crippen molar-refractivity contribution >= 4 is 22.5 Å². The molecule has 7 heteroatoms. The summed E-state index contributed by atoms with van der Waals surface area (Å²) in [5, 5.41) is 3.28. The molecule has 4 nitrogen and oxygen atoms in total. The Balaban J connectivity index is 1.82. The van der Waals surface area contributed by atoms with Crippen LogP contribution < -0.4 is 10.1 Å². The number of aromatic amines is 1. The number of anilines is 1. The number of H-pyrrole nitrogens is 1. The van der Waals surface area contributed by atoms with Gasteiger partial charge in [-0.25, -0.2) is 0 Å². The summed E-state index contributed by atoms with van der Waals surface area (Å²) in [5.74, 6) is 0.241. The first-order valence-corrected chi connectivity index (χ1v) is 7.02. The highest BCUT2D eigenvalue weighted by Gasteiger charge is 2.30. The predicted molar refractivity (Wildman–Crippen MR) is 84.2 cm³/mol. The molecule has 3 rings (SSSR count). The molecule has 1 amide bonds. The highest BCUT2D eigenvalue weighted by Crippen LogP contribution is 2.30. The summed E-state index contributed by atoms with van der Waals surface area (Å²) in [5.41, 5.74) is 0.648. The molecule has 124 valence electrons. The Morgan fingerprint density at radius 3 is 2.46 bits per heavy atom. The van der Waals surface area contributed by atoms with E-state index in [-0.39, 0.29) is 5.69 Å². The lowest BCUT2D eigenvalue weighted by Gasteiger charge is -2.08. The average Bonchev–Trinajstić information content (AvgIpc) is 2.97. The Morgan fingerprint density at radius 2 is 1.83 bits per heavy atom. The van der Waals surface area contributed by atoms with Crippen molar-refractivity contribution in [1.29, 1.82) is 0 Å². The number of carbonyl (C=O) groups excluding carboxylic acids is 1. The number of benzene rings is 2. The number of carbonyl (C=O) groups is 1. The van der Waals surface area contributed by atoms with Gasteiger partial charge in [0.1, 0.15) is 5.75 Å². The molecule has 0 atom stereocenters. The van der Waals surface area contributed by atoms with Crippen LogP contribution in [0.2, 0.25) is 0 Å². The number of rotatable bonds is 3. The van der Waals surface area contributed by atoms with Crippen LogP contribution in [-0.2, 0) is 6.18 Å². The third-order valence-electron chi connectivity index (χ3n) is 3.60. The van der Waals surface area contributed by atoms with Crippen molar-refractivity contribution in [3.8, 4) is 5.75 Å². The number of nitrogens with one attached hydrogen (secondary N) is 2. The minimum absolute atomic E-state index is 0.288. The van der Waals surface area contributed by atoms with E-state index in [2.05, 4.69) is 10.3 Å². The number of amides is 1. The summed E-state index contributed by atoms with van der Waals surface area (Å²) in [6.45, 7) is 0. The van der Waals surface area contributed by atoms with Gasteiger partial charge in [0.15, 0.2) is 0 Å². The molecule has 0 aliphatic rings. The van der Waals surface area contributed by atoms with Crippen LogP contribution in [0.1, 0.15) is 15.9 Å². The van der Waals surface area contributed by atoms with Crippen molar-refractivity contribution in [1.82, 2.24) is 4.98 Å². The highest BCUT2D eigenvalue weighted by atomic mass is 19.4. The van der Waals surface area contributed by atoms with Gasteiger partial charge in [0, 0.05) is 28.9 Å². The summed E-state index contributed by atoms with van der Waals surface area (Å²) in [6.07, 6.45) is -2.86. The Labute approximate surface area is 135 Å². The molecule has 0 radical (unpaired) electrons. The molecule has 0 fully saturated rings. The summed E-state index contributed by atoms with van der Waals surface area (Å²) in [7, 11) is 1.54. The zero-order valence-electron chi connectivity index (χ0n) is 12.6. The fourth-order valence-electron chi connectivity index (χ4n) is 2.36. The lowest BCUT2D eigenvalue weighted by atomic mass is 10.1. The lowest BCUT2D eigenvalue weighted by Crippen LogP contribution is -2.12. The third-order valence-corrected chi connectivity index (χ3v) is 3.60. The van der Waals surface area contributed by atoms with Crippen LogP contribution >= 0.6 is 0 Å². The molecule has 0 saturated carbocycles. The quantitative estimate of drug-likeness (QED) is 0.744. The second-order valence-electron chi connectivity index (χ2n) is 5.14. The number of methoxy groups -OCH3 is 1. The Hall–Kier alpha value is -2.96. The zero-order valence-corrected chi connectivity index (χ0v) is 12.6. The first-order chi connectivity index (χ1) is 11.4. The highest BCUT2D eigenvalue weighted by molar-refractivity contribution is 6.12.